The van der Waals surface area contributed by atoms with Crippen LogP contribution in [0.1, 0.15) is 45.6 Å². The first-order valence-corrected chi connectivity index (χ1v) is 12.0. The van der Waals surface area contributed by atoms with Crippen molar-refractivity contribution in [3.63, 3.8) is 0 Å². The van der Waals surface area contributed by atoms with E-state index in [9.17, 15) is 14.7 Å². The van der Waals surface area contributed by atoms with Crippen molar-refractivity contribution in [2.24, 2.45) is 7.05 Å². The van der Waals surface area contributed by atoms with Crippen LogP contribution in [0.3, 0.4) is 0 Å². The van der Waals surface area contributed by atoms with Crippen molar-refractivity contribution in [2.45, 2.75) is 51.1 Å². The monoisotopic (exact) mass is 470 g/mol. The first-order valence-electron chi connectivity index (χ1n) is 12.0. The van der Waals surface area contributed by atoms with E-state index in [2.05, 4.69) is 0 Å². The van der Waals surface area contributed by atoms with Gasteiger partial charge in [-0.2, -0.15) is 0 Å². The molecule has 1 aliphatic rings. The molecular formula is C29H30N2O4. The van der Waals surface area contributed by atoms with Gasteiger partial charge in [0.2, 0.25) is 5.58 Å². The van der Waals surface area contributed by atoms with Crippen LogP contribution >= 0.6 is 0 Å². The summed E-state index contributed by atoms with van der Waals surface area (Å²) in [4.78, 5) is 26.7. The molecule has 1 saturated carbocycles. The van der Waals surface area contributed by atoms with E-state index >= 15 is 0 Å². The molecule has 2 heterocycles. The molecule has 35 heavy (non-hydrogen) atoms. The molecule has 1 aliphatic carbocycles. The molecular weight excluding hydrogens is 440 g/mol. The van der Waals surface area contributed by atoms with Gasteiger partial charge in [0.1, 0.15) is 5.76 Å². The molecule has 0 unspecified atom stereocenters. The second kappa shape index (κ2) is 8.15. The average molecular weight is 471 g/mol. The van der Waals surface area contributed by atoms with Crippen LogP contribution in [0.25, 0.3) is 33.4 Å². The van der Waals surface area contributed by atoms with E-state index in [4.69, 9.17) is 4.42 Å². The van der Waals surface area contributed by atoms with E-state index in [0.29, 0.717) is 11.3 Å². The SMILES string of the molecule is Cn1ccc2c(-c3ccccc3)c(-c3ccc(C4(N(C(=O)O)C(C)(C)C)CCC4)cc3)oc2c1=O. The number of fused-ring (bicyclic) bond motifs is 1. The van der Waals surface area contributed by atoms with E-state index < -0.39 is 17.2 Å². The lowest BCUT2D eigenvalue weighted by molar-refractivity contribution is -0.0328. The highest BCUT2D eigenvalue weighted by Gasteiger charge is 2.50. The molecule has 0 saturated heterocycles. The van der Waals surface area contributed by atoms with Gasteiger partial charge in [-0.25, -0.2) is 4.79 Å². The van der Waals surface area contributed by atoms with Gasteiger partial charge in [-0.1, -0.05) is 54.6 Å². The number of benzene rings is 2. The summed E-state index contributed by atoms with van der Waals surface area (Å²) < 4.78 is 7.73. The molecule has 5 rings (SSSR count). The zero-order valence-electron chi connectivity index (χ0n) is 20.5. The Labute approximate surface area is 204 Å². The van der Waals surface area contributed by atoms with Gasteiger partial charge in [-0.15, -0.1) is 0 Å². The van der Waals surface area contributed by atoms with Crippen LogP contribution in [-0.4, -0.2) is 26.2 Å². The number of amides is 1. The summed E-state index contributed by atoms with van der Waals surface area (Å²) >= 11 is 0. The van der Waals surface area contributed by atoms with Gasteiger partial charge in [0.15, 0.2) is 0 Å². The van der Waals surface area contributed by atoms with E-state index in [-0.39, 0.29) is 5.56 Å². The van der Waals surface area contributed by atoms with Crippen LogP contribution in [0.4, 0.5) is 4.79 Å². The van der Waals surface area contributed by atoms with Crippen LogP contribution in [0.2, 0.25) is 0 Å². The number of hydrogen-bond donors (Lipinski definition) is 1. The van der Waals surface area contributed by atoms with E-state index in [1.165, 1.54) is 4.57 Å². The lowest BCUT2D eigenvalue weighted by Gasteiger charge is -2.54. The Bertz CT molecular complexity index is 1450. The Morgan fingerprint density at radius 2 is 1.66 bits per heavy atom. The molecule has 0 atom stereocenters. The molecule has 0 spiro atoms. The largest absolute Gasteiger partial charge is 0.465 e. The normalized spacial score (nSPS) is 15.1. The van der Waals surface area contributed by atoms with Crippen LogP contribution in [0.5, 0.6) is 0 Å². The van der Waals surface area contributed by atoms with Crippen molar-refractivity contribution in [1.29, 1.82) is 0 Å². The minimum atomic E-state index is -0.902. The van der Waals surface area contributed by atoms with Crippen LogP contribution < -0.4 is 5.56 Å². The first kappa shape index (κ1) is 23.0. The number of hydrogen-bond acceptors (Lipinski definition) is 3. The zero-order chi connectivity index (χ0) is 25.0. The summed E-state index contributed by atoms with van der Waals surface area (Å²) in [7, 11) is 1.71. The zero-order valence-corrected chi connectivity index (χ0v) is 20.5. The number of carbonyl (C=O) groups is 1. The van der Waals surface area contributed by atoms with Gasteiger partial charge < -0.3 is 14.1 Å². The Morgan fingerprint density at radius 3 is 2.20 bits per heavy atom. The van der Waals surface area contributed by atoms with Gasteiger partial charge in [-0.05, 0) is 57.2 Å². The third-order valence-corrected chi connectivity index (χ3v) is 7.14. The fraction of sp³-hybridized carbons (Fsp3) is 0.310. The average Bonchev–Trinajstić information content (AvgIpc) is 3.18. The molecule has 180 valence electrons. The summed E-state index contributed by atoms with van der Waals surface area (Å²) in [5.41, 5.74) is 2.77. The Balaban J connectivity index is 1.65. The predicted octanol–water partition coefficient (Wildman–Crippen LogP) is 6.62. The number of carboxylic acid groups (broad SMARTS) is 1. The minimum Gasteiger partial charge on any atom is -0.465 e. The molecule has 4 aromatic rings. The maximum atomic E-state index is 12.8. The second-order valence-corrected chi connectivity index (χ2v) is 10.4. The van der Waals surface area contributed by atoms with Crippen molar-refractivity contribution in [1.82, 2.24) is 9.47 Å². The third kappa shape index (κ3) is 3.64. The van der Waals surface area contributed by atoms with Gasteiger partial charge in [-0.3, -0.25) is 9.69 Å². The molecule has 1 fully saturated rings. The van der Waals surface area contributed by atoms with E-state index in [0.717, 1.165) is 46.9 Å². The number of pyridine rings is 1. The number of aryl methyl sites for hydroxylation is 1. The molecule has 2 aromatic carbocycles. The molecule has 1 N–H and O–H groups in total. The Morgan fingerprint density at radius 1 is 1.00 bits per heavy atom. The number of rotatable bonds is 4. The van der Waals surface area contributed by atoms with Gasteiger partial charge >= 0.3 is 6.09 Å². The Kier molecular flexibility index (Phi) is 5.35. The minimum absolute atomic E-state index is 0.182. The van der Waals surface area contributed by atoms with Gasteiger partial charge in [0.25, 0.3) is 5.56 Å². The summed E-state index contributed by atoms with van der Waals surface area (Å²) in [6.07, 6.45) is 3.44. The first-order chi connectivity index (χ1) is 16.6. The quantitative estimate of drug-likeness (QED) is 0.363. The van der Waals surface area contributed by atoms with Crippen molar-refractivity contribution in [3.05, 3.63) is 82.8 Å². The second-order valence-electron chi connectivity index (χ2n) is 10.4. The highest BCUT2D eigenvalue weighted by atomic mass is 16.4. The number of nitrogens with zero attached hydrogens (tertiary/aromatic N) is 2. The van der Waals surface area contributed by atoms with Crippen LogP contribution in [0.15, 0.2) is 76.1 Å². The summed E-state index contributed by atoms with van der Waals surface area (Å²) in [5, 5.41) is 10.9. The van der Waals surface area contributed by atoms with E-state index in [1.54, 1.807) is 18.1 Å². The lowest BCUT2D eigenvalue weighted by Crippen LogP contribution is -2.60. The van der Waals surface area contributed by atoms with E-state index in [1.807, 2.05) is 81.4 Å². The summed E-state index contributed by atoms with van der Waals surface area (Å²) in [6.45, 7) is 5.82. The fourth-order valence-electron chi connectivity index (χ4n) is 5.47. The molecule has 6 nitrogen and oxygen atoms in total. The van der Waals surface area contributed by atoms with Gasteiger partial charge in [0.05, 0.1) is 5.54 Å². The summed E-state index contributed by atoms with van der Waals surface area (Å²) in [5.74, 6) is 0.634. The van der Waals surface area contributed by atoms with Crippen LogP contribution in [0, 0.1) is 0 Å². The maximum absolute atomic E-state index is 12.8. The molecule has 0 aliphatic heterocycles. The van der Waals surface area contributed by atoms with Crippen LogP contribution in [-0.2, 0) is 12.6 Å². The number of furan rings is 1. The number of aromatic nitrogens is 1. The highest BCUT2D eigenvalue weighted by Crippen LogP contribution is 2.50. The maximum Gasteiger partial charge on any atom is 0.408 e. The molecule has 2 aromatic heterocycles. The van der Waals surface area contributed by atoms with Crippen molar-refractivity contribution >= 4 is 17.1 Å². The molecule has 0 radical (unpaired) electrons. The van der Waals surface area contributed by atoms with Crippen molar-refractivity contribution in [3.8, 4) is 22.5 Å². The smallest absolute Gasteiger partial charge is 0.408 e. The standard InChI is InChI=1S/C29H30N2O4/c1-28(2,3)31(27(33)34)29(16-8-17-29)21-13-11-20(12-14-21)24-23(19-9-6-5-7-10-19)22-15-18-30(4)26(32)25(22)35-24/h5-7,9-15,18H,8,16-17H2,1-4H3,(H,33,34). The Hall–Kier alpha value is -3.80. The third-order valence-electron chi connectivity index (χ3n) is 7.14. The van der Waals surface area contributed by atoms with Crippen molar-refractivity contribution < 1.29 is 14.3 Å². The topological polar surface area (TPSA) is 75.7 Å². The molecule has 0 bridgehead atoms. The molecule has 1 amide bonds. The predicted molar refractivity (Wildman–Crippen MR) is 137 cm³/mol. The molecule has 6 heteroatoms. The summed E-state index contributed by atoms with van der Waals surface area (Å²) in [6, 6.07) is 19.8. The fourth-order valence-corrected chi connectivity index (χ4v) is 5.47. The van der Waals surface area contributed by atoms with Gasteiger partial charge in [0, 0.05) is 35.3 Å². The van der Waals surface area contributed by atoms with Crippen molar-refractivity contribution in [2.75, 3.05) is 0 Å². The highest BCUT2D eigenvalue weighted by molar-refractivity contribution is 6.01. The lowest BCUT2D eigenvalue weighted by atomic mass is 9.69.